The van der Waals surface area contributed by atoms with Crippen molar-refractivity contribution < 1.29 is 14.3 Å². The Morgan fingerprint density at radius 1 is 1.29 bits per heavy atom. The molecule has 3 aliphatic rings. The number of fused-ring (bicyclic) bond motifs is 1. The van der Waals surface area contributed by atoms with E-state index in [1.54, 1.807) is 4.90 Å². The van der Waals surface area contributed by atoms with Crippen LogP contribution in [-0.2, 0) is 27.3 Å². The first kappa shape index (κ1) is 19.1. The van der Waals surface area contributed by atoms with Crippen LogP contribution >= 0.6 is 11.3 Å². The number of morpholine rings is 1. The molecule has 28 heavy (non-hydrogen) atoms. The number of ether oxygens (including phenoxy) is 1. The van der Waals surface area contributed by atoms with Crippen molar-refractivity contribution >= 4 is 28.3 Å². The molecule has 1 atom stereocenters. The topological polar surface area (TPSA) is 102 Å². The zero-order chi connectivity index (χ0) is 19.5. The number of likely N-dealkylation sites (tertiary alicyclic amines) is 1. The first-order valence-corrected chi connectivity index (χ1v) is 10.5. The third kappa shape index (κ3) is 4.27. The predicted octanol–water partition coefficient (Wildman–Crippen LogP) is 0.101. The standard InChI is InChI=1S/C18H24N6O3S/c19-12-23-3-1-13(9-23)17(26)21-18-20-14-10-24(4-2-15(14)28-18)16(25)11-22-5-7-27-8-6-22/h13H,1-11H2,(H,20,21,26)/t13-/m0/s1. The molecule has 4 rings (SSSR count). The van der Waals surface area contributed by atoms with Gasteiger partial charge in [-0.25, -0.2) is 4.98 Å². The van der Waals surface area contributed by atoms with Crippen LogP contribution in [0.1, 0.15) is 17.0 Å². The van der Waals surface area contributed by atoms with E-state index in [2.05, 4.69) is 21.4 Å². The zero-order valence-electron chi connectivity index (χ0n) is 15.7. The number of aromatic nitrogens is 1. The van der Waals surface area contributed by atoms with Gasteiger partial charge in [-0.3, -0.25) is 14.5 Å². The van der Waals surface area contributed by atoms with Gasteiger partial charge in [0.2, 0.25) is 11.8 Å². The molecular formula is C18H24N6O3S. The summed E-state index contributed by atoms with van der Waals surface area (Å²) in [6.07, 6.45) is 3.55. The molecule has 0 aromatic carbocycles. The Bertz CT molecular complexity index is 785. The van der Waals surface area contributed by atoms with E-state index in [-0.39, 0.29) is 17.7 Å². The first-order chi connectivity index (χ1) is 13.6. The Hall–Kier alpha value is -2.22. The van der Waals surface area contributed by atoms with Crippen LogP contribution in [0.3, 0.4) is 0 Å². The Morgan fingerprint density at radius 2 is 2.11 bits per heavy atom. The molecule has 1 aromatic heterocycles. The lowest BCUT2D eigenvalue weighted by molar-refractivity contribution is -0.134. The molecule has 0 spiro atoms. The van der Waals surface area contributed by atoms with Crippen molar-refractivity contribution in [2.75, 3.05) is 57.8 Å². The minimum Gasteiger partial charge on any atom is -0.379 e. The fourth-order valence-corrected chi connectivity index (χ4v) is 4.75. The smallest absolute Gasteiger partial charge is 0.237 e. The van der Waals surface area contributed by atoms with Crippen LogP contribution in [0.2, 0.25) is 0 Å². The number of thiazole rings is 1. The van der Waals surface area contributed by atoms with Gasteiger partial charge in [0.1, 0.15) is 0 Å². The van der Waals surface area contributed by atoms with E-state index >= 15 is 0 Å². The molecule has 2 amide bonds. The third-order valence-electron chi connectivity index (χ3n) is 5.47. The predicted molar refractivity (Wildman–Crippen MR) is 102 cm³/mol. The molecule has 1 N–H and O–H groups in total. The molecule has 9 nitrogen and oxygen atoms in total. The van der Waals surface area contributed by atoms with Gasteiger partial charge in [0, 0.05) is 44.0 Å². The molecule has 0 saturated carbocycles. The minimum absolute atomic E-state index is 0.0795. The highest BCUT2D eigenvalue weighted by atomic mass is 32.1. The molecule has 1 aromatic rings. The molecule has 0 unspecified atom stereocenters. The van der Waals surface area contributed by atoms with Gasteiger partial charge >= 0.3 is 0 Å². The Morgan fingerprint density at radius 3 is 2.86 bits per heavy atom. The number of carbonyl (C=O) groups is 2. The second kappa shape index (κ2) is 8.43. The van der Waals surface area contributed by atoms with E-state index in [0.717, 1.165) is 30.1 Å². The van der Waals surface area contributed by atoms with Crippen molar-refractivity contribution in [3.8, 4) is 6.19 Å². The monoisotopic (exact) mass is 404 g/mol. The van der Waals surface area contributed by atoms with Gasteiger partial charge in [-0.15, -0.1) is 11.3 Å². The van der Waals surface area contributed by atoms with Gasteiger partial charge in [-0.05, 0) is 6.42 Å². The summed E-state index contributed by atoms with van der Waals surface area (Å²) >= 11 is 1.49. The van der Waals surface area contributed by atoms with Crippen molar-refractivity contribution in [2.24, 2.45) is 5.92 Å². The maximum Gasteiger partial charge on any atom is 0.237 e. The molecule has 2 fully saturated rings. The van der Waals surface area contributed by atoms with Crippen LogP contribution in [0.5, 0.6) is 0 Å². The van der Waals surface area contributed by atoms with E-state index < -0.39 is 0 Å². The van der Waals surface area contributed by atoms with E-state index in [9.17, 15) is 9.59 Å². The summed E-state index contributed by atoms with van der Waals surface area (Å²) in [6, 6.07) is 0. The SMILES string of the molecule is N#CN1CC[C@H](C(=O)Nc2nc3c(s2)CCN(C(=O)CN2CCOCC2)C3)C1. The van der Waals surface area contributed by atoms with Gasteiger partial charge in [0.05, 0.1) is 37.9 Å². The van der Waals surface area contributed by atoms with Crippen molar-refractivity contribution in [3.63, 3.8) is 0 Å². The highest BCUT2D eigenvalue weighted by molar-refractivity contribution is 7.15. The lowest BCUT2D eigenvalue weighted by Gasteiger charge is -2.31. The lowest BCUT2D eigenvalue weighted by atomic mass is 10.1. The second-order valence-corrected chi connectivity index (χ2v) is 8.45. The summed E-state index contributed by atoms with van der Waals surface area (Å²) in [5, 5.41) is 12.4. The van der Waals surface area contributed by atoms with Crippen molar-refractivity contribution in [3.05, 3.63) is 10.6 Å². The van der Waals surface area contributed by atoms with Crippen LogP contribution < -0.4 is 5.32 Å². The van der Waals surface area contributed by atoms with Crippen molar-refractivity contribution in [2.45, 2.75) is 19.4 Å². The van der Waals surface area contributed by atoms with E-state index in [4.69, 9.17) is 10.00 Å². The van der Waals surface area contributed by atoms with Gasteiger partial charge in [-0.2, -0.15) is 5.26 Å². The second-order valence-electron chi connectivity index (χ2n) is 7.36. The van der Waals surface area contributed by atoms with Crippen molar-refractivity contribution in [1.29, 1.82) is 5.26 Å². The average molecular weight is 404 g/mol. The maximum absolute atomic E-state index is 12.6. The first-order valence-electron chi connectivity index (χ1n) is 9.64. The lowest BCUT2D eigenvalue weighted by Crippen LogP contribution is -2.46. The fraction of sp³-hybridized carbons (Fsp3) is 0.667. The van der Waals surface area contributed by atoms with Gasteiger partial charge in [0.25, 0.3) is 0 Å². The minimum atomic E-state index is -0.174. The molecule has 150 valence electrons. The van der Waals surface area contributed by atoms with E-state index in [1.807, 2.05) is 4.90 Å². The number of nitrogens with zero attached hydrogens (tertiary/aromatic N) is 5. The number of anilines is 1. The zero-order valence-corrected chi connectivity index (χ0v) is 16.5. The van der Waals surface area contributed by atoms with Gasteiger partial charge < -0.3 is 19.9 Å². The van der Waals surface area contributed by atoms with Crippen LogP contribution in [0.4, 0.5) is 5.13 Å². The summed E-state index contributed by atoms with van der Waals surface area (Å²) < 4.78 is 5.33. The fourth-order valence-electron chi connectivity index (χ4n) is 3.79. The number of carbonyl (C=O) groups excluding carboxylic acids is 2. The maximum atomic E-state index is 12.6. The van der Waals surface area contributed by atoms with Gasteiger partial charge in [-0.1, -0.05) is 0 Å². The van der Waals surface area contributed by atoms with E-state index in [0.29, 0.717) is 57.5 Å². The molecule has 0 aliphatic carbocycles. The van der Waals surface area contributed by atoms with Crippen molar-refractivity contribution in [1.82, 2.24) is 19.7 Å². The summed E-state index contributed by atoms with van der Waals surface area (Å²) in [5.41, 5.74) is 0.881. The van der Waals surface area contributed by atoms with Gasteiger partial charge in [0.15, 0.2) is 11.3 Å². The van der Waals surface area contributed by atoms with E-state index in [1.165, 1.54) is 11.3 Å². The number of nitriles is 1. The summed E-state index contributed by atoms with van der Waals surface area (Å²) in [4.78, 5) is 36.3. The highest BCUT2D eigenvalue weighted by Crippen LogP contribution is 2.29. The van der Waals surface area contributed by atoms with Crippen LogP contribution in [0, 0.1) is 17.4 Å². The van der Waals surface area contributed by atoms with Crippen LogP contribution in [0.25, 0.3) is 0 Å². The summed E-state index contributed by atoms with van der Waals surface area (Å²) in [6.45, 7) is 5.65. The Balaban J connectivity index is 1.32. The number of hydrogen-bond acceptors (Lipinski definition) is 8. The largest absolute Gasteiger partial charge is 0.379 e. The molecule has 3 aliphatic heterocycles. The Kier molecular flexibility index (Phi) is 5.75. The van der Waals surface area contributed by atoms with Crippen LogP contribution in [-0.4, -0.2) is 84.0 Å². The molecule has 0 radical (unpaired) electrons. The molecule has 0 bridgehead atoms. The normalized spacial score (nSPS) is 22.6. The number of rotatable bonds is 4. The number of hydrogen-bond donors (Lipinski definition) is 1. The third-order valence-corrected chi connectivity index (χ3v) is 6.55. The molecular weight excluding hydrogens is 380 g/mol. The van der Waals surface area contributed by atoms with Crippen LogP contribution in [0.15, 0.2) is 0 Å². The number of amides is 2. The quantitative estimate of drug-likeness (QED) is 0.710. The molecule has 4 heterocycles. The Labute approximate surface area is 167 Å². The molecule has 10 heteroatoms. The summed E-state index contributed by atoms with van der Waals surface area (Å²) in [5.74, 6) is -0.134. The molecule has 2 saturated heterocycles. The average Bonchev–Trinajstić information content (AvgIpc) is 3.34. The summed E-state index contributed by atoms with van der Waals surface area (Å²) in [7, 11) is 0. The highest BCUT2D eigenvalue weighted by Gasteiger charge is 2.30. The number of nitrogens with one attached hydrogen (secondary N) is 1.